The molecule has 30 heavy (non-hydrogen) atoms. The highest BCUT2D eigenvalue weighted by molar-refractivity contribution is 5.64. The zero-order valence-corrected chi connectivity index (χ0v) is 17.7. The summed E-state index contributed by atoms with van der Waals surface area (Å²) in [5, 5.41) is 0. The highest BCUT2D eigenvalue weighted by Crippen LogP contribution is 2.45. The molecule has 3 unspecified atom stereocenters. The third kappa shape index (κ3) is 4.36. The highest BCUT2D eigenvalue weighted by Gasteiger charge is 2.32. The molecule has 2 aliphatic carbocycles. The van der Waals surface area contributed by atoms with Crippen molar-refractivity contribution in [3.63, 3.8) is 0 Å². The minimum absolute atomic E-state index is 0.761. The predicted octanol–water partition coefficient (Wildman–Crippen LogP) is 7.83. The van der Waals surface area contributed by atoms with E-state index in [0.717, 1.165) is 28.9 Å². The molecule has 0 radical (unpaired) electrons. The molecule has 3 atom stereocenters. The summed E-state index contributed by atoms with van der Waals surface area (Å²) in [6.07, 6.45) is 10.1. The molecule has 0 heterocycles. The van der Waals surface area contributed by atoms with Crippen LogP contribution in [0, 0.1) is 23.7 Å². The summed E-state index contributed by atoms with van der Waals surface area (Å²) in [5.74, 6) is 9.44. The van der Waals surface area contributed by atoms with Crippen molar-refractivity contribution in [2.75, 3.05) is 0 Å². The van der Waals surface area contributed by atoms with E-state index in [1.807, 2.05) is 0 Å². The number of fused-ring (bicyclic) bond motifs is 1. The molecular formula is C30H30. The van der Waals surface area contributed by atoms with Gasteiger partial charge in [0, 0.05) is 11.1 Å². The van der Waals surface area contributed by atoms with Crippen LogP contribution in [0.25, 0.3) is 11.1 Å². The van der Waals surface area contributed by atoms with E-state index >= 15 is 0 Å². The van der Waals surface area contributed by atoms with E-state index in [4.69, 9.17) is 0 Å². The van der Waals surface area contributed by atoms with Crippen molar-refractivity contribution in [3.8, 4) is 23.0 Å². The summed E-state index contributed by atoms with van der Waals surface area (Å²) in [6.45, 7) is 0. The molecule has 0 aromatic heterocycles. The van der Waals surface area contributed by atoms with Crippen LogP contribution in [-0.2, 0) is 0 Å². The fraction of sp³-hybridized carbons (Fsp3) is 0.333. The Morgan fingerprint density at radius 2 is 1.13 bits per heavy atom. The Balaban J connectivity index is 1.24. The maximum atomic E-state index is 3.35. The summed E-state index contributed by atoms with van der Waals surface area (Å²) in [6, 6.07) is 28.1. The normalized spacial score (nSPS) is 23.1. The lowest BCUT2D eigenvalue weighted by atomic mass is 9.66. The van der Waals surface area contributed by atoms with E-state index in [2.05, 4.69) is 90.7 Å². The minimum Gasteiger partial charge on any atom is -0.0622 e. The van der Waals surface area contributed by atoms with E-state index in [9.17, 15) is 0 Å². The molecule has 2 aliphatic rings. The van der Waals surface area contributed by atoms with Crippen LogP contribution in [-0.4, -0.2) is 0 Å². The lowest BCUT2D eigenvalue weighted by Crippen LogP contribution is -2.26. The molecule has 0 nitrogen and oxygen atoms in total. The molecule has 150 valence electrons. The quantitative estimate of drug-likeness (QED) is 0.391. The fourth-order valence-electron chi connectivity index (χ4n) is 5.54. The van der Waals surface area contributed by atoms with Gasteiger partial charge in [0.2, 0.25) is 0 Å². The number of hydrogen-bond donors (Lipinski definition) is 0. The van der Waals surface area contributed by atoms with Gasteiger partial charge in [0.05, 0.1) is 0 Å². The second-order valence-corrected chi connectivity index (χ2v) is 9.13. The van der Waals surface area contributed by atoms with E-state index < -0.39 is 0 Å². The van der Waals surface area contributed by atoms with E-state index in [0.29, 0.717) is 0 Å². The molecule has 0 N–H and O–H groups in total. The van der Waals surface area contributed by atoms with Crippen LogP contribution in [0.2, 0.25) is 0 Å². The number of hydrogen-bond acceptors (Lipinski definition) is 0. The Morgan fingerprint density at radius 3 is 1.83 bits per heavy atom. The summed E-state index contributed by atoms with van der Waals surface area (Å²) >= 11 is 0. The Kier molecular flexibility index (Phi) is 5.71. The molecule has 5 rings (SSSR count). The van der Waals surface area contributed by atoms with Crippen LogP contribution in [0.15, 0.2) is 78.9 Å². The van der Waals surface area contributed by atoms with Crippen molar-refractivity contribution in [3.05, 3.63) is 95.6 Å². The largest absolute Gasteiger partial charge is 0.0622 e. The van der Waals surface area contributed by atoms with Gasteiger partial charge < -0.3 is 0 Å². The van der Waals surface area contributed by atoms with Crippen LogP contribution in [0.1, 0.15) is 67.6 Å². The van der Waals surface area contributed by atoms with Gasteiger partial charge in [-0.2, -0.15) is 0 Å². The monoisotopic (exact) mass is 390 g/mol. The zero-order chi connectivity index (χ0) is 20.2. The molecule has 3 aromatic rings. The average Bonchev–Trinajstić information content (AvgIpc) is 2.84. The average molecular weight is 391 g/mol. The van der Waals surface area contributed by atoms with Gasteiger partial charge in [-0.05, 0) is 78.0 Å². The third-order valence-electron chi connectivity index (χ3n) is 7.26. The Morgan fingerprint density at radius 1 is 0.533 bits per heavy atom. The summed E-state index contributed by atoms with van der Waals surface area (Å²) < 4.78 is 0. The van der Waals surface area contributed by atoms with Gasteiger partial charge in [-0.1, -0.05) is 92.1 Å². The molecule has 0 heteroatoms. The van der Waals surface area contributed by atoms with Crippen LogP contribution in [0.5, 0.6) is 0 Å². The highest BCUT2D eigenvalue weighted by atomic mass is 14.4. The van der Waals surface area contributed by atoms with Gasteiger partial charge in [-0.15, -0.1) is 0 Å². The number of benzene rings is 3. The molecule has 0 aliphatic heterocycles. The van der Waals surface area contributed by atoms with Gasteiger partial charge in [0.1, 0.15) is 0 Å². The van der Waals surface area contributed by atoms with Crippen molar-refractivity contribution in [1.82, 2.24) is 0 Å². The second-order valence-electron chi connectivity index (χ2n) is 9.13. The van der Waals surface area contributed by atoms with Crippen molar-refractivity contribution in [2.24, 2.45) is 11.8 Å². The molecule has 2 fully saturated rings. The Labute approximate surface area is 181 Å². The maximum Gasteiger partial charge on any atom is 0.0249 e. The zero-order valence-electron chi connectivity index (χ0n) is 17.7. The van der Waals surface area contributed by atoms with Crippen molar-refractivity contribution < 1.29 is 0 Å². The number of rotatable bonds is 2. The molecule has 3 aromatic carbocycles. The molecule has 0 bridgehead atoms. The van der Waals surface area contributed by atoms with Crippen LogP contribution in [0.3, 0.4) is 0 Å². The Bertz CT molecular complexity index is 1020. The van der Waals surface area contributed by atoms with Gasteiger partial charge in [-0.3, -0.25) is 0 Å². The predicted molar refractivity (Wildman–Crippen MR) is 126 cm³/mol. The van der Waals surface area contributed by atoms with Gasteiger partial charge in [0.15, 0.2) is 0 Å². The standard InChI is InChI=1S/C30H30/c1-2-6-25(7-3-1)27-16-12-23(13-17-27)10-11-24-14-18-28(19-15-24)30-21-20-26-8-4-5-9-29(26)22-30/h1-3,6-7,12-19,26,29-30H,4-5,8-9,20-22H2. The smallest absolute Gasteiger partial charge is 0.0249 e. The van der Waals surface area contributed by atoms with Gasteiger partial charge in [0.25, 0.3) is 0 Å². The molecule has 0 spiro atoms. The van der Waals surface area contributed by atoms with Crippen LogP contribution < -0.4 is 0 Å². The van der Waals surface area contributed by atoms with Crippen molar-refractivity contribution in [1.29, 1.82) is 0 Å². The summed E-state index contributed by atoms with van der Waals surface area (Å²) in [7, 11) is 0. The summed E-state index contributed by atoms with van der Waals surface area (Å²) in [5.41, 5.74) is 6.18. The maximum absolute atomic E-state index is 3.35. The van der Waals surface area contributed by atoms with Crippen LogP contribution in [0.4, 0.5) is 0 Å². The second kappa shape index (κ2) is 8.93. The van der Waals surface area contributed by atoms with Crippen molar-refractivity contribution in [2.45, 2.75) is 50.9 Å². The minimum atomic E-state index is 0.761. The lowest BCUT2D eigenvalue weighted by molar-refractivity contribution is 0.155. The molecule has 0 amide bonds. The first kappa shape index (κ1) is 19.2. The van der Waals surface area contributed by atoms with Gasteiger partial charge in [-0.25, -0.2) is 0 Å². The molecule has 2 saturated carbocycles. The third-order valence-corrected chi connectivity index (χ3v) is 7.26. The SMILES string of the molecule is C(#Cc1ccc(C2CCC3CCCCC3C2)cc1)c1ccc(-c2ccccc2)cc1. The molecule has 0 saturated heterocycles. The fourth-order valence-corrected chi connectivity index (χ4v) is 5.54. The first-order valence-corrected chi connectivity index (χ1v) is 11.6. The first-order chi connectivity index (χ1) is 14.8. The topological polar surface area (TPSA) is 0 Å². The van der Waals surface area contributed by atoms with Crippen LogP contribution >= 0.6 is 0 Å². The summed E-state index contributed by atoms with van der Waals surface area (Å²) in [4.78, 5) is 0. The van der Waals surface area contributed by atoms with E-state index in [1.165, 1.54) is 61.6 Å². The van der Waals surface area contributed by atoms with E-state index in [1.54, 1.807) is 0 Å². The first-order valence-electron chi connectivity index (χ1n) is 11.6. The Hall–Kier alpha value is -2.78. The van der Waals surface area contributed by atoms with E-state index in [-0.39, 0.29) is 0 Å². The lowest BCUT2D eigenvalue weighted by Gasteiger charge is -2.39. The van der Waals surface area contributed by atoms with Crippen molar-refractivity contribution >= 4 is 0 Å². The molecular weight excluding hydrogens is 360 g/mol. The van der Waals surface area contributed by atoms with Gasteiger partial charge >= 0.3 is 0 Å².